The van der Waals surface area contributed by atoms with Crippen LogP contribution in [-0.4, -0.2) is 53.8 Å². The highest BCUT2D eigenvalue weighted by atomic mass is 32.2. The van der Waals surface area contributed by atoms with Crippen molar-refractivity contribution in [2.24, 2.45) is 0 Å². The van der Waals surface area contributed by atoms with Crippen LogP contribution in [0.25, 0.3) is 11.0 Å². The van der Waals surface area contributed by atoms with Gasteiger partial charge in [0.1, 0.15) is 0 Å². The van der Waals surface area contributed by atoms with E-state index >= 15 is 0 Å². The van der Waals surface area contributed by atoms with E-state index in [1.807, 2.05) is 6.07 Å². The minimum absolute atomic E-state index is 0.0971. The smallest absolute Gasteiger partial charge is 0.314 e. The predicted octanol–water partition coefficient (Wildman–Crippen LogP) is 1.03. The van der Waals surface area contributed by atoms with Crippen molar-refractivity contribution in [2.45, 2.75) is 18.4 Å². The SMILES string of the molecule is Cc1cccc(CN2CCN(S(=O)(=O)c3ccc4[nH]c(=O)c(=O)[nH]c4c3)CC2)c1. The molecule has 0 bridgehead atoms. The molecule has 2 heterocycles. The Labute approximate surface area is 167 Å². The Balaban J connectivity index is 1.50. The molecule has 1 saturated heterocycles. The Kier molecular flexibility index (Phi) is 5.12. The molecule has 0 unspecified atom stereocenters. The summed E-state index contributed by atoms with van der Waals surface area (Å²) in [6.07, 6.45) is 0. The van der Waals surface area contributed by atoms with E-state index in [1.165, 1.54) is 33.6 Å². The number of aryl methyl sites for hydroxylation is 1. The molecule has 0 radical (unpaired) electrons. The molecule has 0 spiro atoms. The molecule has 1 aromatic heterocycles. The van der Waals surface area contributed by atoms with Crippen molar-refractivity contribution >= 4 is 21.1 Å². The second kappa shape index (κ2) is 7.58. The van der Waals surface area contributed by atoms with Gasteiger partial charge >= 0.3 is 11.1 Å². The van der Waals surface area contributed by atoms with Crippen molar-refractivity contribution in [3.05, 3.63) is 74.3 Å². The lowest BCUT2D eigenvalue weighted by molar-refractivity contribution is 0.181. The van der Waals surface area contributed by atoms with Crippen molar-refractivity contribution in [3.63, 3.8) is 0 Å². The number of nitrogens with zero attached hydrogens (tertiary/aromatic N) is 2. The lowest BCUT2D eigenvalue weighted by atomic mass is 10.1. The maximum atomic E-state index is 13.0. The monoisotopic (exact) mass is 414 g/mol. The number of hydrogen-bond donors (Lipinski definition) is 2. The third-order valence-electron chi connectivity index (χ3n) is 5.15. The largest absolute Gasteiger partial charge is 0.316 e. The molecule has 1 aliphatic heterocycles. The van der Waals surface area contributed by atoms with Gasteiger partial charge in [-0.15, -0.1) is 0 Å². The summed E-state index contributed by atoms with van der Waals surface area (Å²) >= 11 is 0. The Bertz CT molecular complexity index is 1270. The normalized spacial score (nSPS) is 16.3. The average molecular weight is 414 g/mol. The number of aromatic nitrogens is 2. The molecule has 0 amide bonds. The average Bonchev–Trinajstić information content (AvgIpc) is 2.69. The highest BCUT2D eigenvalue weighted by Crippen LogP contribution is 2.21. The summed E-state index contributed by atoms with van der Waals surface area (Å²) in [7, 11) is -3.69. The third kappa shape index (κ3) is 4.02. The van der Waals surface area contributed by atoms with Gasteiger partial charge in [-0.25, -0.2) is 8.42 Å². The van der Waals surface area contributed by atoms with Gasteiger partial charge in [0.25, 0.3) is 0 Å². The molecule has 3 aromatic rings. The number of piperazine rings is 1. The van der Waals surface area contributed by atoms with Gasteiger partial charge in [-0.2, -0.15) is 4.31 Å². The molecule has 9 heteroatoms. The molecular weight excluding hydrogens is 392 g/mol. The van der Waals surface area contributed by atoms with Crippen LogP contribution in [0.2, 0.25) is 0 Å². The second-order valence-corrected chi connectivity index (χ2v) is 9.22. The predicted molar refractivity (Wildman–Crippen MR) is 110 cm³/mol. The second-order valence-electron chi connectivity index (χ2n) is 7.28. The molecule has 2 N–H and O–H groups in total. The zero-order valence-electron chi connectivity index (χ0n) is 16.0. The van der Waals surface area contributed by atoms with E-state index in [0.29, 0.717) is 31.7 Å². The fourth-order valence-electron chi connectivity index (χ4n) is 3.60. The number of hydrogen-bond acceptors (Lipinski definition) is 5. The first-order valence-electron chi connectivity index (χ1n) is 9.37. The molecule has 152 valence electrons. The number of benzene rings is 2. The summed E-state index contributed by atoms with van der Waals surface area (Å²) in [5.41, 5.74) is 1.52. The highest BCUT2D eigenvalue weighted by molar-refractivity contribution is 7.89. The zero-order valence-corrected chi connectivity index (χ0v) is 16.8. The molecule has 1 fully saturated rings. The van der Waals surface area contributed by atoms with Crippen LogP contribution in [0.15, 0.2) is 56.9 Å². The Morgan fingerprint density at radius 1 is 0.897 bits per heavy atom. The number of nitrogens with one attached hydrogen (secondary N) is 2. The first-order valence-corrected chi connectivity index (χ1v) is 10.8. The molecule has 8 nitrogen and oxygen atoms in total. The van der Waals surface area contributed by atoms with Crippen molar-refractivity contribution in [1.29, 1.82) is 0 Å². The van der Waals surface area contributed by atoms with Crippen LogP contribution in [0.3, 0.4) is 0 Å². The number of rotatable bonds is 4. The fraction of sp³-hybridized carbons (Fsp3) is 0.300. The summed E-state index contributed by atoms with van der Waals surface area (Å²) in [6.45, 7) is 4.93. The third-order valence-corrected chi connectivity index (χ3v) is 7.05. The molecule has 0 atom stereocenters. The summed E-state index contributed by atoms with van der Waals surface area (Å²) in [4.78, 5) is 30.1. The molecule has 29 heavy (non-hydrogen) atoms. The van der Waals surface area contributed by atoms with Gasteiger partial charge in [-0.3, -0.25) is 14.5 Å². The van der Waals surface area contributed by atoms with Gasteiger partial charge in [0.15, 0.2) is 0 Å². The molecule has 0 saturated carbocycles. The quantitative estimate of drug-likeness (QED) is 0.621. The van der Waals surface area contributed by atoms with Gasteiger partial charge in [-0.05, 0) is 30.7 Å². The van der Waals surface area contributed by atoms with Gasteiger partial charge in [0.05, 0.1) is 15.9 Å². The first-order chi connectivity index (χ1) is 13.8. The topological polar surface area (TPSA) is 106 Å². The van der Waals surface area contributed by atoms with Crippen LogP contribution in [0, 0.1) is 6.92 Å². The van der Waals surface area contributed by atoms with Gasteiger partial charge in [-0.1, -0.05) is 29.8 Å². The highest BCUT2D eigenvalue weighted by Gasteiger charge is 2.28. The van der Waals surface area contributed by atoms with Crippen LogP contribution in [0.5, 0.6) is 0 Å². The molecule has 0 aliphatic carbocycles. The molecule has 4 rings (SSSR count). The zero-order chi connectivity index (χ0) is 20.6. The van der Waals surface area contributed by atoms with E-state index in [9.17, 15) is 18.0 Å². The number of fused-ring (bicyclic) bond motifs is 1. The maximum Gasteiger partial charge on any atom is 0.314 e. The summed E-state index contributed by atoms with van der Waals surface area (Å²) in [5, 5.41) is 0. The standard InChI is InChI=1S/C20H22N4O4S/c1-14-3-2-4-15(11-14)13-23-7-9-24(10-8-23)29(27,28)16-5-6-17-18(12-16)22-20(26)19(25)21-17/h2-6,11-12H,7-10,13H2,1H3,(H,21,25)(H,22,26). The minimum Gasteiger partial charge on any atom is -0.316 e. The van der Waals surface area contributed by atoms with Crippen LogP contribution in [0.1, 0.15) is 11.1 Å². The Morgan fingerprint density at radius 3 is 2.28 bits per heavy atom. The summed E-state index contributed by atoms with van der Waals surface area (Å²) in [5.74, 6) is 0. The van der Waals surface area contributed by atoms with Crippen molar-refractivity contribution in [3.8, 4) is 0 Å². The van der Waals surface area contributed by atoms with E-state index in [-0.39, 0.29) is 10.4 Å². The first kappa shape index (κ1) is 19.6. The Hall–Kier alpha value is -2.75. The fourth-order valence-corrected chi connectivity index (χ4v) is 5.05. The van der Waals surface area contributed by atoms with Crippen LogP contribution in [0.4, 0.5) is 0 Å². The van der Waals surface area contributed by atoms with Crippen molar-refractivity contribution < 1.29 is 8.42 Å². The molecular formula is C20H22N4O4S. The summed E-state index contributed by atoms with van der Waals surface area (Å²) in [6, 6.07) is 12.6. The lowest BCUT2D eigenvalue weighted by Gasteiger charge is -2.34. The van der Waals surface area contributed by atoms with Crippen molar-refractivity contribution in [1.82, 2.24) is 19.2 Å². The van der Waals surface area contributed by atoms with Crippen LogP contribution < -0.4 is 11.1 Å². The van der Waals surface area contributed by atoms with Gasteiger partial charge in [0.2, 0.25) is 10.0 Å². The van der Waals surface area contributed by atoms with E-state index in [1.54, 1.807) is 0 Å². The minimum atomic E-state index is -3.69. The summed E-state index contributed by atoms with van der Waals surface area (Å²) < 4.78 is 27.5. The van der Waals surface area contributed by atoms with Gasteiger partial charge < -0.3 is 9.97 Å². The van der Waals surface area contributed by atoms with Crippen LogP contribution >= 0.6 is 0 Å². The van der Waals surface area contributed by atoms with E-state index in [0.717, 1.165) is 6.54 Å². The van der Waals surface area contributed by atoms with E-state index in [2.05, 4.69) is 40.0 Å². The van der Waals surface area contributed by atoms with E-state index in [4.69, 9.17) is 0 Å². The Morgan fingerprint density at radius 2 is 1.59 bits per heavy atom. The van der Waals surface area contributed by atoms with E-state index < -0.39 is 21.1 Å². The van der Waals surface area contributed by atoms with Crippen LogP contribution in [-0.2, 0) is 16.6 Å². The van der Waals surface area contributed by atoms with Crippen molar-refractivity contribution in [2.75, 3.05) is 26.2 Å². The number of aromatic amines is 2. The number of H-pyrrole nitrogens is 2. The molecule has 1 aliphatic rings. The molecule has 2 aromatic carbocycles. The lowest BCUT2D eigenvalue weighted by Crippen LogP contribution is -2.48. The van der Waals surface area contributed by atoms with Gasteiger partial charge in [0, 0.05) is 32.7 Å². The maximum absolute atomic E-state index is 13.0. The number of sulfonamides is 1.